The Kier molecular flexibility index (Phi) is 3.85. The first kappa shape index (κ1) is 11.0. The van der Waals surface area contributed by atoms with Crippen molar-refractivity contribution in [2.75, 3.05) is 12.4 Å². The molecule has 0 amide bonds. The van der Waals surface area contributed by atoms with E-state index in [2.05, 4.69) is 38.1 Å². The van der Waals surface area contributed by atoms with Crippen molar-refractivity contribution < 1.29 is 0 Å². The van der Waals surface area contributed by atoms with E-state index in [1.165, 1.54) is 4.88 Å². The zero-order chi connectivity index (χ0) is 11.2. The van der Waals surface area contributed by atoms with Gasteiger partial charge in [0.05, 0.1) is 0 Å². The molecule has 84 valence electrons. The minimum atomic E-state index is 0.655. The second kappa shape index (κ2) is 5.58. The van der Waals surface area contributed by atoms with Gasteiger partial charge in [0.15, 0.2) is 0 Å². The summed E-state index contributed by atoms with van der Waals surface area (Å²) >= 11 is 1.76. The van der Waals surface area contributed by atoms with Crippen LogP contribution in [0.2, 0.25) is 0 Å². The summed E-state index contributed by atoms with van der Waals surface area (Å²) in [5.41, 5.74) is 1.09. The van der Waals surface area contributed by atoms with E-state index in [-0.39, 0.29) is 0 Å². The number of thiophene rings is 1. The summed E-state index contributed by atoms with van der Waals surface area (Å²) in [6.45, 7) is 1.69. The smallest absolute Gasteiger partial charge is 0.222 e. The largest absolute Gasteiger partial charge is 0.357 e. The molecule has 0 aliphatic rings. The van der Waals surface area contributed by atoms with Crippen LogP contribution in [0.3, 0.4) is 0 Å². The highest BCUT2D eigenvalue weighted by Gasteiger charge is 1.96. The summed E-state index contributed by atoms with van der Waals surface area (Å²) < 4.78 is 0. The van der Waals surface area contributed by atoms with Crippen molar-refractivity contribution >= 4 is 17.3 Å². The van der Waals surface area contributed by atoms with Gasteiger partial charge in [-0.2, -0.15) is 0 Å². The quantitative estimate of drug-likeness (QED) is 0.829. The van der Waals surface area contributed by atoms with E-state index < -0.39 is 0 Å². The first-order valence-electron chi connectivity index (χ1n) is 5.10. The van der Waals surface area contributed by atoms with E-state index in [4.69, 9.17) is 0 Å². The topological polar surface area (TPSA) is 49.8 Å². The highest BCUT2D eigenvalue weighted by molar-refractivity contribution is 7.09. The van der Waals surface area contributed by atoms with E-state index in [0.29, 0.717) is 5.95 Å². The standard InChI is InChI=1S/C11H14N4S/c1-12-11-14-6-9(7-15-11)5-13-8-10-3-2-4-16-10/h2-4,6-7,13H,5,8H2,1H3,(H,12,14,15). The minimum absolute atomic E-state index is 0.655. The lowest BCUT2D eigenvalue weighted by atomic mass is 10.3. The maximum Gasteiger partial charge on any atom is 0.222 e. The summed E-state index contributed by atoms with van der Waals surface area (Å²) in [6, 6.07) is 4.19. The maximum atomic E-state index is 4.15. The molecule has 0 radical (unpaired) electrons. The van der Waals surface area contributed by atoms with Crippen LogP contribution in [0.4, 0.5) is 5.95 Å². The Hall–Kier alpha value is -1.46. The Morgan fingerprint density at radius 1 is 1.25 bits per heavy atom. The molecule has 5 heteroatoms. The Balaban J connectivity index is 1.81. The number of hydrogen-bond acceptors (Lipinski definition) is 5. The van der Waals surface area contributed by atoms with Crippen LogP contribution in [0, 0.1) is 0 Å². The summed E-state index contributed by atoms with van der Waals surface area (Å²) in [4.78, 5) is 9.65. The molecular formula is C11H14N4S. The van der Waals surface area contributed by atoms with E-state index in [1.807, 2.05) is 19.4 Å². The van der Waals surface area contributed by atoms with Gasteiger partial charge in [0.2, 0.25) is 5.95 Å². The SMILES string of the molecule is CNc1ncc(CNCc2cccs2)cn1. The molecular weight excluding hydrogens is 220 g/mol. The van der Waals surface area contributed by atoms with Crippen LogP contribution < -0.4 is 10.6 Å². The molecule has 0 atom stereocenters. The number of anilines is 1. The van der Waals surface area contributed by atoms with Gasteiger partial charge < -0.3 is 10.6 Å². The molecule has 0 aromatic carbocycles. The van der Waals surface area contributed by atoms with E-state index >= 15 is 0 Å². The van der Waals surface area contributed by atoms with Crippen molar-refractivity contribution in [1.29, 1.82) is 0 Å². The van der Waals surface area contributed by atoms with Crippen LogP contribution in [0.5, 0.6) is 0 Å². The molecule has 0 unspecified atom stereocenters. The molecule has 0 saturated heterocycles. The Bertz CT molecular complexity index is 410. The molecule has 2 N–H and O–H groups in total. The highest BCUT2D eigenvalue weighted by Crippen LogP contribution is 2.07. The summed E-state index contributed by atoms with van der Waals surface area (Å²) in [6.07, 6.45) is 3.67. The number of nitrogens with one attached hydrogen (secondary N) is 2. The van der Waals surface area contributed by atoms with Crippen LogP contribution in [0.1, 0.15) is 10.4 Å². The van der Waals surface area contributed by atoms with Gasteiger partial charge in [-0.3, -0.25) is 0 Å². The zero-order valence-electron chi connectivity index (χ0n) is 9.10. The average molecular weight is 234 g/mol. The highest BCUT2D eigenvalue weighted by atomic mass is 32.1. The molecule has 0 fully saturated rings. The molecule has 2 aromatic heterocycles. The van der Waals surface area contributed by atoms with Crippen LogP contribution in [-0.2, 0) is 13.1 Å². The first-order valence-corrected chi connectivity index (χ1v) is 5.98. The van der Waals surface area contributed by atoms with Crippen molar-refractivity contribution in [3.8, 4) is 0 Å². The third-order valence-corrected chi connectivity index (χ3v) is 3.01. The number of rotatable bonds is 5. The summed E-state index contributed by atoms with van der Waals surface area (Å²) in [5.74, 6) is 0.655. The van der Waals surface area contributed by atoms with Gasteiger partial charge in [0, 0.05) is 43.0 Å². The van der Waals surface area contributed by atoms with Crippen molar-refractivity contribution in [2.45, 2.75) is 13.1 Å². The molecule has 0 spiro atoms. The fourth-order valence-electron chi connectivity index (χ4n) is 1.32. The second-order valence-corrected chi connectivity index (χ2v) is 4.38. The zero-order valence-corrected chi connectivity index (χ0v) is 9.92. The predicted molar refractivity (Wildman–Crippen MR) is 66.4 cm³/mol. The van der Waals surface area contributed by atoms with E-state index in [9.17, 15) is 0 Å². The minimum Gasteiger partial charge on any atom is -0.357 e. The van der Waals surface area contributed by atoms with Gasteiger partial charge in [-0.15, -0.1) is 11.3 Å². The molecule has 2 heterocycles. The lowest BCUT2D eigenvalue weighted by Gasteiger charge is -2.03. The number of aromatic nitrogens is 2. The third-order valence-electron chi connectivity index (χ3n) is 2.14. The lowest BCUT2D eigenvalue weighted by Crippen LogP contribution is -2.12. The van der Waals surface area contributed by atoms with Gasteiger partial charge in [0.1, 0.15) is 0 Å². The maximum absolute atomic E-state index is 4.15. The molecule has 16 heavy (non-hydrogen) atoms. The lowest BCUT2D eigenvalue weighted by molar-refractivity contribution is 0.696. The fourth-order valence-corrected chi connectivity index (χ4v) is 1.99. The van der Waals surface area contributed by atoms with Crippen molar-refractivity contribution in [2.24, 2.45) is 0 Å². The summed E-state index contributed by atoms with van der Waals surface area (Å²) in [5, 5.41) is 8.33. The molecule has 2 aromatic rings. The Morgan fingerprint density at radius 3 is 2.69 bits per heavy atom. The third kappa shape index (κ3) is 3.01. The van der Waals surface area contributed by atoms with Crippen molar-refractivity contribution in [3.05, 3.63) is 40.3 Å². The Morgan fingerprint density at radius 2 is 2.06 bits per heavy atom. The van der Waals surface area contributed by atoms with E-state index in [0.717, 1.165) is 18.7 Å². The molecule has 2 rings (SSSR count). The van der Waals surface area contributed by atoms with Crippen LogP contribution in [0.25, 0.3) is 0 Å². The molecule has 0 bridgehead atoms. The number of nitrogens with zero attached hydrogens (tertiary/aromatic N) is 2. The first-order chi connectivity index (χ1) is 7.88. The van der Waals surface area contributed by atoms with Crippen LogP contribution in [-0.4, -0.2) is 17.0 Å². The molecule has 0 saturated carbocycles. The second-order valence-electron chi connectivity index (χ2n) is 3.35. The average Bonchev–Trinajstić information content (AvgIpc) is 2.83. The monoisotopic (exact) mass is 234 g/mol. The molecule has 0 aliphatic carbocycles. The van der Waals surface area contributed by atoms with Gasteiger partial charge in [-0.05, 0) is 11.4 Å². The Labute approximate surface area is 98.8 Å². The van der Waals surface area contributed by atoms with Crippen molar-refractivity contribution in [1.82, 2.24) is 15.3 Å². The van der Waals surface area contributed by atoms with Gasteiger partial charge in [-0.25, -0.2) is 9.97 Å². The number of hydrogen-bond donors (Lipinski definition) is 2. The normalized spacial score (nSPS) is 10.3. The van der Waals surface area contributed by atoms with E-state index in [1.54, 1.807) is 11.3 Å². The van der Waals surface area contributed by atoms with Gasteiger partial charge in [0.25, 0.3) is 0 Å². The van der Waals surface area contributed by atoms with Crippen LogP contribution in [0.15, 0.2) is 29.9 Å². The van der Waals surface area contributed by atoms with Gasteiger partial charge >= 0.3 is 0 Å². The predicted octanol–water partition coefficient (Wildman–Crippen LogP) is 1.87. The molecule has 0 aliphatic heterocycles. The van der Waals surface area contributed by atoms with Crippen molar-refractivity contribution in [3.63, 3.8) is 0 Å². The molecule has 4 nitrogen and oxygen atoms in total. The summed E-state index contributed by atoms with van der Waals surface area (Å²) in [7, 11) is 1.81. The van der Waals surface area contributed by atoms with Crippen LogP contribution >= 0.6 is 11.3 Å². The fraction of sp³-hybridized carbons (Fsp3) is 0.273. The van der Waals surface area contributed by atoms with Gasteiger partial charge in [-0.1, -0.05) is 6.07 Å².